The van der Waals surface area contributed by atoms with Crippen LogP contribution in [0.4, 0.5) is 4.79 Å². The van der Waals surface area contributed by atoms with Crippen LogP contribution in [0.25, 0.3) is 0 Å². The van der Waals surface area contributed by atoms with Crippen molar-refractivity contribution in [3.8, 4) is 0 Å². The Bertz CT molecular complexity index is 289. The summed E-state index contributed by atoms with van der Waals surface area (Å²) in [6, 6.07) is 1.97. The molecule has 5 heteroatoms. The largest absolute Gasteiger partial charge is 0.327 e. The van der Waals surface area contributed by atoms with Crippen LogP contribution in [-0.2, 0) is 6.54 Å². The standard InChI is InChI=1S/C7H7BrClNOS/c1-10(7(9)11)3-6-2-5(8)4-12-6/h2,4H,3H2,1H3. The minimum Gasteiger partial charge on any atom is -0.327 e. The summed E-state index contributed by atoms with van der Waals surface area (Å²) in [4.78, 5) is 13.2. The first-order valence-corrected chi connectivity index (χ1v) is 5.28. The Morgan fingerprint density at radius 3 is 2.92 bits per heavy atom. The monoisotopic (exact) mass is 267 g/mol. The maximum atomic E-state index is 10.6. The fourth-order valence-corrected chi connectivity index (χ4v) is 2.30. The van der Waals surface area contributed by atoms with Crippen LogP contribution in [0.2, 0.25) is 0 Å². The average molecular weight is 269 g/mol. The smallest absolute Gasteiger partial charge is 0.316 e. The number of halogens is 2. The third kappa shape index (κ3) is 2.77. The van der Waals surface area contributed by atoms with Gasteiger partial charge < -0.3 is 4.90 Å². The minimum atomic E-state index is -0.431. The molecule has 0 aliphatic rings. The second-order valence-corrected chi connectivity index (χ2v) is 4.58. The second-order valence-electron chi connectivity index (χ2n) is 2.34. The molecule has 0 unspecified atom stereocenters. The van der Waals surface area contributed by atoms with E-state index in [0.717, 1.165) is 9.35 Å². The Labute approximate surface area is 88.3 Å². The van der Waals surface area contributed by atoms with Crippen LogP contribution in [0, 0.1) is 0 Å². The van der Waals surface area contributed by atoms with Crippen molar-refractivity contribution in [1.82, 2.24) is 4.90 Å². The predicted molar refractivity (Wildman–Crippen MR) is 54.7 cm³/mol. The first kappa shape index (κ1) is 10.0. The highest BCUT2D eigenvalue weighted by molar-refractivity contribution is 9.10. The second kappa shape index (κ2) is 4.25. The van der Waals surface area contributed by atoms with Gasteiger partial charge in [0.2, 0.25) is 0 Å². The van der Waals surface area contributed by atoms with Gasteiger partial charge in [0.15, 0.2) is 0 Å². The van der Waals surface area contributed by atoms with Gasteiger partial charge in [0.25, 0.3) is 0 Å². The molecule has 0 atom stereocenters. The van der Waals surface area contributed by atoms with Crippen LogP contribution in [0.3, 0.4) is 0 Å². The van der Waals surface area contributed by atoms with E-state index >= 15 is 0 Å². The van der Waals surface area contributed by atoms with Crippen molar-refractivity contribution in [3.63, 3.8) is 0 Å². The highest BCUT2D eigenvalue weighted by Gasteiger charge is 2.06. The fourth-order valence-electron chi connectivity index (χ4n) is 0.733. The number of carbonyl (C=O) groups is 1. The van der Waals surface area contributed by atoms with Crippen LogP contribution in [0.1, 0.15) is 4.88 Å². The van der Waals surface area contributed by atoms with Crippen molar-refractivity contribution >= 4 is 44.2 Å². The molecular weight excluding hydrogens is 262 g/mol. The maximum Gasteiger partial charge on any atom is 0.316 e. The molecule has 0 aliphatic carbocycles. The number of hydrogen-bond acceptors (Lipinski definition) is 2. The normalized spacial score (nSPS) is 9.92. The van der Waals surface area contributed by atoms with Gasteiger partial charge in [-0.25, -0.2) is 0 Å². The van der Waals surface area contributed by atoms with Gasteiger partial charge in [-0.05, 0) is 33.6 Å². The number of amides is 1. The molecule has 0 spiro atoms. The summed E-state index contributed by atoms with van der Waals surface area (Å²) in [5.41, 5.74) is 0. The van der Waals surface area contributed by atoms with Crippen molar-refractivity contribution in [1.29, 1.82) is 0 Å². The molecular formula is C7H7BrClNOS. The zero-order valence-corrected chi connectivity index (χ0v) is 9.54. The summed E-state index contributed by atoms with van der Waals surface area (Å²) in [6.07, 6.45) is 0. The lowest BCUT2D eigenvalue weighted by Gasteiger charge is -2.10. The van der Waals surface area contributed by atoms with E-state index < -0.39 is 5.37 Å². The summed E-state index contributed by atoms with van der Waals surface area (Å²) in [5.74, 6) is 0. The molecule has 1 heterocycles. The summed E-state index contributed by atoms with van der Waals surface area (Å²) in [5, 5.41) is 1.54. The van der Waals surface area contributed by atoms with Gasteiger partial charge >= 0.3 is 5.37 Å². The molecule has 0 saturated carbocycles. The van der Waals surface area contributed by atoms with Gasteiger partial charge in [-0.2, -0.15) is 0 Å². The van der Waals surface area contributed by atoms with Crippen LogP contribution in [-0.4, -0.2) is 17.3 Å². The molecule has 0 radical (unpaired) electrons. The fraction of sp³-hybridized carbons (Fsp3) is 0.286. The van der Waals surface area contributed by atoms with Crippen molar-refractivity contribution in [2.75, 3.05) is 7.05 Å². The Morgan fingerprint density at radius 1 is 1.83 bits per heavy atom. The molecule has 1 rings (SSSR count). The van der Waals surface area contributed by atoms with Gasteiger partial charge in [0.05, 0.1) is 6.54 Å². The number of nitrogens with zero attached hydrogens (tertiary/aromatic N) is 1. The van der Waals surface area contributed by atoms with Gasteiger partial charge in [-0.15, -0.1) is 11.3 Å². The van der Waals surface area contributed by atoms with E-state index in [1.807, 2.05) is 11.4 Å². The van der Waals surface area contributed by atoms with Gasteiger partial charge in [0.1, 0.15) is 0 Å². The van der Waals surface area contributed by atoms with Gasteiger partial charge in [-0.1, -0.05) is 0 Å². The summed E-state index contributed by atoms with van der Waals surface area (Å²) in [6.45, 7) is 0.568. The van der Waals surface area contributed by atoms with Gasteiger partial charge in [0, 0.05) is 21.8 Å². The van der Waals surface area contributed by atoms with Gasteiger partial charge in [-0.3, -0.25) is 4.79 Å². The SMILES string of the molecule is CN(Cc1cc(Br)cs1)C(=O)Cl. The van der Waals surface area contributed by atoms with Crippen LogP contribution in [0.15, 0.2) is 15.9 Å². The topological polar surface area (TPSA) is 20.3 Å². The first-order chi connectivity index (χ1) is 5.59. The Balaban J connectivity index is 2.58. The number of thiophene rings is 1. The summed E-state index contributed by atoms with van der Waals surface area (Å²) >= 11 is 10.2. The highest BCUT2D eigenvalue weighted by atomic mass is 79.9. The Hall–Kier alpha value is -0.0600. The van der Waals surface area contributed by atoms with E-state index in [4.69, 9.17) is 11.6 Å². The molecule has 0 N–H and O–H groups in total. The van der Waals surface area contributed by atoms with Crippen molar-refractivity contribution in [2.45, 2.75) is 6.54 Å². The highest BCUT2D eigenvalue weighted by Crippen LogP contribution is 2.20. The molecule has 0 fully saturated rings. The molecule has 0 bridgehead atoms. The van der Waals surface area contributed by atoms with Crippen molar-refractivity contribution < 1.29 is 4.79 Å². The third-order valence-electron chi connectivity index (χ3n) is 1.31. The van der Waals surface area contributed by atoms with E-state index in [9.17, 15) is 4.79 Å². The van der Waals surface area contributed by atoms with Crippen LogP contribution < -0.4 is 0 Å². The summed E-state index contributed by atoms with van der Waals surface area (Å²) < 4.78 is 1.04. The maximum absolute atomic E-state index is 10.6. The molecule has 1 amide bonds. The molecule has 2 nitrogen and oxygen atoms in total. The quantitative estimate of drug-likeness (QED) is 0.595. The predicted octanol–water partition coefficient (Wildman–Crippen LogP) is 3.30. The molecule has 1 aromatic heterocycles. The lowest BCUT2D eigenvalue weighted by Crippen LogP contribution is -2.19. The van der Waals surface area contributed by atoms with E-state index in [0.29, 0.717) is 6.54 Å². The van der Waals surface area contributed by atoms with Crippen molar-refractivity contribution in [2.24, 2.45) is 0 Å². The number of carbonyl (C=O) groups excluding carboxylic acids is 1. The van der Waals surface area contributed by atoms with Crippen LogP contribution >= 0.6 is 38.9 Å². The Kier molecular flexibility index (Phi) is 3.55. The zero-order chi connectivity index (χ0) is 9.14. The van der Waals surface area contributed by atoms with E-state index in [1.165, 1.54) is 4.90 Å². The summed E-state index contributed by atoms with van der Waals surface area (Å²) in [7, 11) is 1.67. The number of rotatable bonds is 2. The van der Waals surface area contributed by atoms with Crippen molar-refractivity contribution in [3.05, 3.63) is 20.8 Å². The molecule has 66 valence electrons. The van der Waals surface area contributed by atoms with E-state index in [2.05, 4.69) is 15.9 Å². The minimum absolute atomic E-state index is 0.431. The van der Waals surface area contributed by atoms with E-state index in [1.54, 1.807) is 18.4 Å². The lowest BCUT2D eigenvalue weighted by molar-refractivity contribution is 0.231. The third-order valence-corrected chi connectivity index (χ3v) is 3.29. The molecule has 0 aromatic carbocycles. The Morgan fingerprint density at radius 2 is 2.50 bits per heavy atom. The van der Waals surface area contributed by atoms with Crippen LogP contribution in [0.5, 0.6) is 0 Å². The molecule has 0 saturated heterocycles. The first-order valence-electron chi connectivity index (χ1n) is 3.23. The van der Waals surface area contributed by atoms with E-state index in [-0.39, 0.29) is 0 Å². The molecule has 0 aliphatic heterocycles. The molecule has 1 aromatic rings. The number of hydrogen-bond donors (Lipinski definition) is 0. The zero-order valence-electron chi connectivity index (χ0n) is 6.38. The lowest BCUT2D eigenvalue weighted by atomic mass is 10.4. The molecule has 12 heavy (non-hydrogen) atoms. The average Bonchev–Trinajstić information content (AvgIpc) is 2.35.